The molecule has 1 aromatic carbocycles. The summed E-state index contributed by atoms with van der Waals surface area (Å²) in [5.41, 5.74) is 0.269. The van der Waals surface area contributed by atoms with Gasteiger partial charge in [-0.2, -0.15) is 0 Å². The third-order valence-corrected chi connectivity index (χ3v) is 3.27. The molecule has 16 heavy (non-hydrogen) atoms. The highest BCUT2D eigenvalue weighted by Crippen LogP contribution is 2.44. The molecule has 1 aliphatic carbocycles. The molecule has 0 spiro atoms. The maximum absolute atomic E-state index is 11.9. The first-order chi connectivity index (χ1) is 7.45. The Kier molecular flexibility index (Phi) is 2.18. The van der Waals surface area contributed by atoms with Gasteiger partial charge in [0.15, 0.2) is 11.5 Å². The van der Waals surface area contributed by atoms with Crippen LogP contribution in [0.25, 0.3) is 0 Å². The molecular formula is C11H11NO4. The maximum atomic E-state index is 11.9. The fourth-order valence-electron chi connectivity index (χ4n) is 2.14. The molecular weight excluding hydrogens is 210 g/mol. The van der Waals surface area contributed by atoms with Crippen molar-refractivity contribution >= 4 is 11.5 Å². The van der Waals surface area contributed by atoms with E-state index in [1.807, 2.05) is 6.92 Å². The van der Waals surface area contributed by atoms with E-state index in [-0.39, 0.29) is 23.2 Å². The number of carbonyl (C=O) groups is 1. The SMILES string of the molecule is CC1C(=O)c2c(ccc(O)c2[N+](=O)[O-])C1C. The highest BCUT2D eigenvalue weighted by Gasteiger charge is 2.40. The Morgan fingerprint density at radius 2 is 1.94 bits per heavy atom. The van der Waals surface area contributed by atoms with E-state index in [1.165, 1.54) is 6.07 Å². The number of nitrogens with zero attached hydrogens (tertiary/aromatic N) is 1. The van der Waals surface area contributed by atoms with Crippen LogP contribution in [0.3, 0.4) is 0 Å². The summed E-state index contributed by atoms with van der Waals surface area (Å²) in [6, 6.07) is 2.86. The molecule has 0 saturated heterocycles. The average molecular weight is 221 g/mol. The summed E-state index contributed by atoms with van der Waals surface area (Å²) >= 11 is 0. The highest BCUT2D eigenvalue weighted by molar-refractivity contribution is 6.07. The standard InChI is InChI=1S/C11H11NO4/c1-5-6(2)11(14)9-7(5)3-4-8(13)10(9)12(15)16/h3-6,13H,1-2H3. The normalized spacial score (nSPS) is 23.2. The van der Waals surface area contributed by atoms with Gasteiger partial charge < -0.3 is 5.11 Å². The van der Waals surface area contributed by atoms with Crippen molar-refractivity contribution in [3.63, 3.8) is 0 Å². The van der Waals surface area contributed by atoms with E-state index in [9.17, 15) is 20.0 Å². The predicted molar refractivity (Wildman–Crippen MR) is 56.7 cm³/mol. The summed E-state index contributed by atoms with van der Waals surface area (Å²) in [7, 11) is 0. The molecule has 2 rings (SSSR count). The minimum absolute atomic E-state index is 0.0400. The lowest BCUT2D eigenvalue weighted by molar-refractivity contribution is -0.386. The van der Waals surface area contributed by atoms with Crippen molar-refractivity contribution < 1.29 is 14.8 Å². The molecule has 2 unspecified atom stereocenters. The third kappa shape index (κ3) is 1.21. The zero-order valence-electron chi connectivity index (χ0n) is 8.93. The van der Waals surface area contributed by atoms with Gasteiger partial charge in [-0.3, -0.25) is 14.9 Å². The number of carbonyl (C=O) groups excluding carboxylic acids is 1. The van der Waals surface area contributed by atoms with Gasteiger partial charge in [-0.05, 0) is 17.5 Å². The zero-order valence-corrected chi connectivity index (χ0v) is 8.93. The number of aromatic hydroxyl groups is 1. The van der Waals surface area contributed by atoms with Gasteiger partial charge in [-0.15, -0.1) is 0 Å². The lowest BCUT2D eigenvalue weighted by atomic mass is 9.96. The van der Waals surface area contributed by atoms with Crippen molar-refractivity contribution in [2.45, 2.75) is 19.8 Å². The number of rotatable bonds is 1. The van der Waals surface area contributed by atoms with Crippen molar-refractivity contribution in [2.24, 2.45) is 5.92 Å². The lowest BCUT2D eigenvalue weighted by Crippen LogP contribution is -2.07. The number of hydrogen-bond acceptors (Lipinski definition) is 4. The van der Waals surface area contributed by atoms with Gasteiger partial charge in [0.25, 0.3) is 0 Å². The highest BCUT2D eigenvalue weighted by atomic mass is 16.6. The molecule has 84 valence electrons. The molecule has 0 bridgehead atoms. The Labute approximate surface area is 91.9 Å². The van der Waals surface area contributed by atoms with Crippen LogP contribution in [0.5, 0.6) is 5.75 Å². The van der Waals surface area contributed by atoms with Crippen LogP contribution in [0.2, 0.25) is 0 Å². The Hall–Kier alpha value is -1.91. The molecule has 1 aliphatic rings. The second-order valence-corrected chi connectivity index (χ2v) is 4.10. The van der Waals surface area contributed by atoms with Crippen molar-refractivity contribution in [2.75, 3.05) is 0 Å². The maximum Gasteiger partial charge on any atom is 0.321 e. The Bertz CT molecular complexity index is 495. The average Bonchev–Trinajstić information content (AvgIpc) is 2.43. The molecule has 0 heterocycles. The van der Waals surface area contributed by atoms with Crippen LogP contribution in [0.15, 0.2) is 12.1 Å². The molecule has 1 aromatic rings. The number of nitro benzene ring substituents is 1. The Morgan fingerprint density at radius 1 is 1.31 bits per heavy atom. The van der Waals surface area contributed by atoms with Gasteiger partial charge in [-0.1, -0.05) is 19.9 Å². The van der Waals surface area contributed by atoms with Crippen molar-refractivity contribution in [1.29, 1.82) is 0 Å². The number of ketones is 1. The van der Waals surface area contributed by atoms with E-state index in [2.05, 4.69) is 0 Å². The molecule has 2 atom stereocenters. The van der Waals surface area contributed by atoms with Crippen molar-refractivity contribution in [3.05, 3.63) is 33.4 Å². The summed E-state index contributed by atoms with van der Waals surface area (Å²) < 4.78 is 0. The lowest BCUT2D eigenvalue weighted by Gasteiger charge is -2.07. The number of phenols is 1. The van der Waals surface area contributed by atoms with Gasteiger partial charge in [0, 0.05) is 5.92 Å². The number of phenolic OH excluding ortho intramolecular Hbond substituents is 1. The second kappa shape index (κ2) is 3.30. The predicted octanol–water partition coefficient (Wildman–Crippen LogP) is 2.24. The van der Waals surface area contributed by atoms with Crippen LogP contribution in [0, 0.1) is 16.0 Å². The van der Waals surface area contributed by atoms with Crippen LogP contribution in [-0.4, -0.2) is 15.8 Å². The molecule has 0 aromatic heterocycles. The molecule has 5 heteroatoms. The van der Waals surface area contributed by atoms with Crippen molar-refractivity contribution in [1.82, 2.24) is 0 Å². The fourth-order valence-corrected chi connectivity index (χ4v) is 2.14. The minimum atomic E-state index is -0.698. The van der Waals surface area contributed by atoms with E-state index in [0.717, 1.165) is 0 Å². The zero-order chi connectivity index (χ0) is 12.0. The minimum Gasteiger partial charge on any atom is -0.502 e. The molecule has 1 N–H and O–H groups in total. The summed E-state index contributed by atoms with van der Waals surface area (Å²) in [5, 5.41) is 20.3. The van der Waals surface area contributed by atoms with Crippen molar-refractivity contribution in [3.8, 4) is 5.75 Å². The molecule has 0 aliphatic heterocycles. The smallest absolute Gasteiger partial charge is 0.321 e. The second-order valence-electron chi connectivity index (χ2n) is 4.10. The van der Waals surface area contributed by atoms with Crippen LogP contribution in [0.4, 0.5) is 5.69 Å². The Balaban J connectivity index is 2.76. The van der Waals surface area contributed by atoms with Crippen LogP contribution in [0.1, 0.15) is 35.7 Å². The Morgan fingerprint density at radius 3 is 2.50 bits per heavy atom. The molecule has 0 fully saturated rings. The van der Waals surface area contributed by atoms with Gasteiger partial charge >= 0.3 is 5.69 Å². The van der Waals surface area contributed by atoms with E-state index in [4.69, 9.17) is 0 Å². The summed E-state index contributed by atoms with van der Waals surface area (Å²) in [5.74, 6) is -1.01. The van der Waals surface area contributed by atoms with E-state index in [1.54, 1.807) is 13.0 Å². The molecule has 0 saturated carbocycles. The van der Waals surface area contributed by atoms with E-state index < -0.39 is 16.4 Å². The van der Waals surface area contributed by atoms with Gasteiger partial charge in [-0.25, -0.2) is 0 Å². The third-order valence-electron chi connectivity index (χ3n) is 3.27. The van der Waals surface area contributed by atoms with Gasteiger partial charge in [0.1, 0.15) is 5.56 Å². The number of nitro groups is 1. The number of Topliss-reactive ketones (excluding diaryl/α,β-unsaturated/α-hetero) is 1. The topological polar surface area (TPSA) is 80.4 Å². The summed E-state index contributed by atoms with van der Waals surface area (Å²) in [4.78, 5) is 22.0. The quantitative estimate of drug-likeness (QED) is 0.582. The number of fused-ring (bicyclic) bond motifs is 1. The van der Waals surface area contributed by atoms with Gasteiger partial charge in [0.2, 0.25) is 0 Å². The monoisotopic (exact) mass is 221 g/mol. The first-order valence-corrected chi connectivity index (χ1v) is 4.99. The van der Waals surface area contributed by atoms with E-state index >= 15 is 0 Å². The first kappa shape index (κ1) is 10.6. The largest absolute Gasteiger partial charge is 0.502 e. The van der Waals surface area contributed by atoms with E-state index in [0.29, 0.717) is 5.56 Å². The number of hydrogen-bond donors (Lipinski definition) is 1. The molecule has 0 radical (unpaired) electrons. The summed E-state index contributed by atoms with van der Waals surface area (Å²) in [6.45, 7) is 3.60. The summed E-state index contributed by atoms with van der Waals surface area (Å²) in [6.07, 6.45) is 0. The van der Waals surface area contributed by atoms with Crippen LogP contribution in [-0.2, 0) is 0 Å². The molecule has 0 amide bonds. The van der Waals surface area contributed by atoms with Gasteiger partial charge in [0.05, 0.1) is 4.92 Å². The number of benzene rings is 1. The fraction of sp³-hybridized carbons (Fsp3) is 0.364. The van der Waals surface area contributed by atoms with Crippen LogP contribution >= 0.6 is 0 Å². The first-order valence-electron chi connectivity index (χ1n) is 4.99. The van der Waals surface area contributed by atoms with Crippen LogP contribution < -0.4 is 0 Å². The molecule has 5 nitrogen and oxygen atoms in total.